The number of amides is 1. The molecule has 0 saturated heterocycles. The quantitative estimate of drug-likeness (QED) is 0.840. The summed E-state index contributed by atoms with van der Waals surface area (Å²) in [5, 5.41) is 2.60. The molecule has 106 valence electrons. The van der Waals surface area contributed by atoms with Crippen LogP contribution in [0.4, 0.5) is 13.2 Å². The van der Waals surface area contributed by atoms with E-state index in [9.17, 15) is 18.0 Å². The molecule has 1 rings (SSSR count). The molecule has 2 nitrogen and oxygen atoms in total. The number of benzene rings is 1. The van der Waals surface area contributed by atoms with Crippen LogP contribution in [0, 0.1) is 0 Å². The van der Waals surface area contributed by atoms with Gasteiger partial charge in [-0.3, -0.25) is 4.79 Å². The molecule has 0 radical (unpaired) electrons. The number of hydrogen-bond acceptors (Lipinski definition) is 1. The first-order chi connectivity index (χ1) is 8.70. The highest BCUT2D eigenvalue weighted by molar-refractivity contribution is 6.20. The SMILES string of the molecule is CC(Cl)CC(C)NC(=O)c1ccc(C(F)(F)F)cc1. The van der Waals surface area contributed by atoms with Crippen molar-refractivity contribution in [2.75, 3.05) is 0 Å². The summed E-state index contributed by atoms with van der Waals surface area (Å²) >= 11 is 5.80. The summed E-state index contributed by atoms with van der Waals surface area (Å²) in [6.45, 7) is 3.60. The van der Waals surface area contributed by atoms with E-state index in [4.69, 9.17) is 11.6 Å². The lowest BCUT2D eigenvalue weighted by molar-refractivity contribution is -0.137. The third-order valence-electron chi connectivity index (χ3n) is 2.53. The lowest BCUT2D eigenvalue weighted by Gasteiger charge is -2.15. The van der Waals surface area contributed by atoms with Crippen molar-refractivity contribution in [3.8, 4) is 0 Å². The maximum absolute atomic E-state index is 12.4. The Morgan fingerprint density at radius 3 is 2.21 bits per heavy atom. The van der Waals surface area contributed by atoms with E-state index in [-0.39, 0.29) is 17.0 Å². The molecule has 0 spiro atoms. The Balaban J connectivity index is 2.68. The van der Waals surface area contributed by atoms with Crippen molar-refractivity contribution in [1.82, 2.24) is 5.32 Å². The minimum Gasteiger partial charge on any atom is -0.350 e. The van der Waals surface area contributed by atoms with Gasteiger partial charge in [0.05, 0.1) is 5.56 Å². The number of carbonyl (C=O) groups is 1. The predicted octanol–water partition coefficient (Wildman–Crippen LogP) is 3.84. The molecule has 2 atom stereocenters. The lowest BCUT2D eigenvalue weighted by atomic mass is 10.1. The first kappa shape index (κ1) is 15.8. The molecular formula is C13H15ClF3NO. The van der Waals surface area contributed by atoms with Crippen LogP contribution in [0.1, 0.15) is 36.2 Å². The second kappa shape index (κ2) is 6.28. The molecule has 1 N–H and O–H groups in total. The van der Waals surface area contributed by atoms with Crippen molar-refractivity contribution in [2.45, 2.75) is 37.9 Å². The zero-order chi connectivity index (χ0) is 14.6. The summed E-state index contributed by atoms with van der Waals surface area (Å²) < 4.78 is 37.1. The molecule has 0 heterocycles. The second-order valence-electron chi connectivity index (χ2n) is 4.47. The van der Waals surface area contributed by atoms with Crippen LogP contribution in [0.15, 0.2) is 24.3 Å². The van der Waals surface area contributed by atoms with Gasteiger partial charge < -0.3 is 5.32 Å². The molecule has 0 aliphatic rings. The second-order valence-corrected chi connectivity index (χ2v) is 5.21. The van der Waals surface area contributed by atoms with Crippen molar-refractivity contribution in [2.24, 2.45) is 0 Å². The van der Waals surface area contributed by atoms with Gasteiger partial charge in [-0.15, -0.1) is 11.6 Å². The molecular weight excluding hydrogens is 279 g/mol. The van der Waals surface area contributed by atoms with Crippen molar-refractivity contribution in [3.63, 3.8) is 0 Å². The van der Waals surface area contributed by atoms with Crippen LogP contribution in [0.5, 0.6) is 0 Å². The van der Waals surface area contributed by atoms with E-state index in [0.717, 1.165) is 24.3 Å². The van der Waals surface area contributed by atoms with Gasteiger partial charge >= 0.3 is 6.18 Å². The van der Waals surface area contributed by atoms with Crippen molar-refractivity contribution in [1.29, 1.82) is 0 Å². The summed E-state index contributed by atoms with van der Waals surface area (Å²) in [4.78, 5) is 11.8. The molecule has 0 fully saturated rings. The van der Waals surface area contributed by atoms with Crippen molar-refractivity contribution in [3.05, 3.63) is 35.4 Å². The van der Waals surface area contributed by atoms with E-state index < -0.39 is 17.6 Å². The Hall–Kier alpha value is -1.23. The number of hydrogen-bond donors (Lipinski definition) is 1. The molecule has 0 aromatic heterocycles. The van der Waals surface area contributed by atoms with Gasteiger partial charge in [0, 0.05) is 17.0 Å². The highest BCUT2D eigenvalue weighted by atomic mass is 35.5. The van der Waals surface area contributed by atoms with E-state index in [1.165, 1.54) is 0 Å². The smallest absolute Gasteiger partial charge is 0.350 e. The van der Waals surface area contributed by atoms with Gasteiger partial charge in [0.2, 0.25) is 0 Å². The van der Waals surface area contributed by atoms with Gasteiger partial charge in [-0.2, -0.15) is 13.2 Å². The summed E-state index contributed by atoms with van der Waals surface area (Å²) in [5.74, 6) is -0.404. The van der Waals surface area contributed by atoms with Crippen LogP contribution in [0.25, 0.3) is 0 Å². The zero-order valence-corrected chi connectivity index (χ0v) is 11.3. The first-order valence-electron chi connectivity index (χ1n) is 5.82. The van der Waals surface area contributed by atoms with Gasteiger partial charge in [0.1, 0.15) is 0 Å². The topological polar surface area (TPSA) is 29.1 Å². The fraction of sp³-hybridized carbons (Fsp3) is 0.462. The van der Waals surface area contributed by atoms with Crippen LogP contribution in [-0.2, 0) is 6.18 Å². The van der Waals surface area contributed by atoms with E-state index in [1.807, 2.05) is 6.92 Å². The van der Waals surface area contributed by atoms with Crippen LogP contribution in [-0.4, -0.2) is 17.3 Å². The molecule has 1 aromatic carbocycles. The Morgan fingerprint density at radius 2 is 1.79 bits per heavy atom. The van der Waals surface area contributed by atoms with E-state index in [2.05, 4.69) is 5.32 Å². The number of alkyl halides is 4. The monoisotopic (exact) mass is 293 g/mol. The molecule has 0 saturated carbocycles. The maximum Gasteiger partial charge on any atom is 0.416 e. The van der Waals surface area contributed by atoms with Gasteiger partial charge in [0.15, 0.2) is 0 Å². The van der Waals surface area contributed by atoms with Gasteiger partial charge in [-0.05, 0) is 44.5 Å². The number of halogens is 4. The summed E-state index contributed by atoms with van der Waals surface area (Å²) in [6, 6.07) is 3.97. The Kier molecular flexibility index (Phi) is 5.23. The van der Waals surface area contributed by atoms with Crippen molar-refractivity contribution >= 4 is 17.5 Å². The number of carbonyl (C=O) groups excluding carboxylic acids is 1. The summed E-state index contributed by atoms with van der Waals surface area (Å²) in [6.07, 6.45) is -3.80. The third kappa shape index (κ3) is 5.11. The third-order valence-corrected chi connectivity index (χ3v) is 2.71. The minimum atomic E-state index is -4.39. The largest absolute Gasteiger partial charge is 0.416 e. The Labute approximate surface area is 114 Å². The van der Waals surface area contributed by atoms with E-state index in [1.54, 1.807) is 6.92 Å². The minimum absolute atomic E-state index is 0.0806. The molecule has 2 unspecified atom stereocenters. The van der Waals surface area contributed by atoms with Gasteiger partial charge in [-0.25, -0.2) is 0 Å². The molecule has 6 heteroatoms. The highest BCUT2D eigenvalue weighted by Gasteiger charge is 2.30. The molecule has 19 heavy (non-hydrogen) atoms. The molecule has 0 aliphatic heterocycles. The Morgan fingerprint density at radius 1 is 1.26 bits per heavy atom. The van der Waals surface area contributed by atoms with Gasteiger partial charge in [0.25, 0.3) is 5.91 Å². The van der Waals surface area contributed by atoms with E-state index in [0.29, 0.717) is 6.42 Å². The first-order valence-corrected chi connectivity index (χ1v) is 6.26. The Bertz CT molecular complexity index is 429. The van der Waals surface area contributed by atoms with Crippen LogP contribution in [0.2, 0.25) is 0 Å². The van der Waals surface area contributed by atoms with Crippen LogP contribution >= 0.6 is 11.6 Å². The average Bonchev–Trinajstić information content (AvgIpc) is 2.26. The zero-order valence-electron chi connectivity index (χ0n) is 10.6. The molecule has 1 amide bonds. The number of nitrogens with one attached hydrogen (secondary N) is 1. The van der Waals surface area contributed by atoms with Gasteiger partial charge in [-0.1, -0.05) is 0 Å². The van der Waals surface area contributed by atoms with Crippen LogP contribution in [0.3, 0.4) is 0 Å². The van der Waals surface area contributed by atoms with Crippen molar-refractivity contribution < 1.29 is 18.0 Å². The average molecular weight is 294 g/mol. The summed E-state index contributed by atoms with van der Waals surface area (Å²) in [5.41, 5.74) is -0.575. The van der Waals surface area contributed by atoms with Crippen LogP contribution < -0.4 is 5.32 Å². The molecule has 0 bridgehead atoms. The fourth-order valence-electron chi connectivity index (χ4n) is 1.66. The lowest BCUT2D eigenvalue weighted by Crippen LogP contribution is -2.33. The predicted molar refractivity (Wildman–Crippen MR) is 68.3 cm³/mol. The standard InChI is InChI=1S/C13H15ClF3NO/c1-8(14)7-9(2)18-12(19)10-3-5-11(6-4-10)13(15,16)17/h3-6,8-9H,7H2,1-2H3,(H,18,19). The van der Waals surface area contributed by atoms with E-state index >= 15 is 0 Å². The molecule has 1 aromatic rings. The fourth-order valence-corrected chi connectivity index (χ4v) is 1.93. The highest BCUT2D eigenvalue weighted by Crippen LogP contribution is 2.29. The summed E-state index contributed by atoms with van der Waals surface area (Å²) in [7, 11) is 0. The molecule has 0 aliphatic carbocycles. The maximum atomic E-state index is 12.4. The number of rotatable bonds is 4. The normalized spacial score (nSPS) is 14.8.